The van der Waals surface area contributed by atoms with Crippen LogP contribution in [-0.4, -0.2) is 22.0 Å². The van der Waals surface area contributed by atoms with Crippen LogP contribution in [0.5, 0.6) is 0 Å². The van der Waals surface area contributed by atoms with E-state index in [0.29, 0.717) is 37.6 Å². The standard InChI is InChI=1S/C25H28N4O3/c30-22(14-7-15-23-28-29-25(32-23)20-11-2-1-3-12-20)26-17-18-8-6-13-21(16-18)27-24(31)19-9-4-5-10-19/h1-3,6,8,11-13,16,19H,4-5,7,9-10,14-15,17H2,(H,26,30)(H,27,31). The second-order valence-electron chi connectivity index (χ2n) is 8.17. The highest BCUT2D eigenvalue weighted by Gasteiger charge is 2.22. The first kappa shape index (κ1) is 21.7. The van der Waals surface area contributed by atoms with Gasteiger partial charge < -0.3 is 15.1 Å². The van der Waals surface area contributed by atoms with Crippen molar-refractivity contribution in [3.05, 3.63) is 66.1 Å². The summed E-state index contributed by atoms with van der Waals surface area (Å²) in [5, 5.41) is 14.1. The van der Waals surface area contributed by atoms with Gasteiger partial charge in [0.25, 0.3) is 0 Å². The minimum absolute atomic E-state index is 0.0341. The van der Waals surface area contributed by atoms with Crippen LogP contribution in [-0.2, 0) is 22.6 Å². The molecule has 1 fully saturated rings. The summed E-state index contributed by atoms with van der Waals surface area (Å²) in [5.74, 6) is 1.21. The molecule has 1 aliphatic carbocycles. The van der Waals surface area contributed by atoms with E-state index in [4.69, 9.17) is 4.42 Å². The SMILES string of the molecule is O=C(CCCc1nnc(-c2ccccc2)o1)NCc1cccc(NC(=O)C2CCCC2)c1. The molecule has 2 amide bonds. The van der Waals surface area contributed by atoms with Gasteiger partial charge in [-0.15, -0.1) is 10.2 Å². The second-order valence-corrected chi connectivity index (χ2v) is 8.17. The highest BCUT2D eigenvalue weighted by molar-refractivity contribution is 5.92. The monoisotopic (exact) mass is 432 g/mol. The average molecular weight is 433 g/mol. The Labute approximate surface area is 187 Å². The molecule has 1 aromatic heterocycles. The fourth-order valence-electron chi connectivity index (χ4n) is 3.93. The first-order valence-corrected chi connectivity index (χ1v) is 11.2. The summed E-state index contributed by atoms with van der Waals surface area (Å²) in [7, 11) is 0. The number of nitrogens with one attached hydrogen (secondary N) is 2. The van der Waals surface area contributed by atoms with Gasteiger partial charge in [0.2, 0.25) is 23.6 Å². The highest BCUT2D eigenvalue weighted by atomic mass is 16.4. The number of amides is 2. The summed E-state index contributed by atoms with van der Waals surface area (Å²) >= 11 is 0. The van der Waals surface area contributed by atoms with E-state index in [1.54, 1.807) is 0 Å². The van der Waals surface area contributed by atoms with Gasteiger partial charge >= 0.3 is 0 Å². The van der Waals surface area contributed by atoms with Crippen molar-refractivity contribution in [2.24, 2.45) is 5.92 Å². The molecule has 3 aromatic rings. The Morgan fingerprint density at radius 3 is 2.62 bits per heavy atom. The van der Waals surface area contributed by atoms with Crippen molar-refractivity contribution in [1.82, 2.24) is 15.5 Å². The summed E-state index contributed by atoms with van der Waals surface area (Å²) < 4.78 is 5.67. The Kier molecular flexibility index (Phi) is 7.27. The summed E-state index contributed by atoms with van der Waals surface area (Å²) in [4.78, 5) is 24.5. The Morgan fingerprint density at radius 1 is 1.00 bits per heavy atom. The van der Waals surface area contributed by atoms with E-state index in [1.807, 2.05) is 54.6 Å². The lowest BCUT2D eigenvalue weighted by molar-refractivity contribution is -0.121. The molecule has 0 saturated heterocycles. The van der Waals surface area contributed by atoms with Crippen LogP contribution in [0.4, 0.5) is 5.69 Å². The number of benzene rings is 2. The number of carbonyl (C=O) groups is 2. The molecule has 0 bridgehead atoms. The lowest BCUT2D eigenvalue weighted by Crippen LogP contribution is -2.23. The maximum atomic E-state index is 12.3. The Hall–Kier alpha value is -3.48. The van der Waals surface area contributed by atoms with Gasteiger partial charge in [0.15, 0.2) is 0 Å². The quantitative estimate of drug-likeness (QED) is 0.519. The van der Waals surface area contributed by atoms with Crippen molar-refractivity contribution >= 4 is 17.5 Å². The molecule has 1 aliphatic rings. The molecule has 0 spiro atoms. The third-order valence-electron chi connectivity index (χ3n) is 5.69. The fraction of sp³-hybridized carbons (Fsp3) is 0.360. The predicted octanol–water partition coefficient (Wildman–Crippen LogP) is 4.50. The summed E-state index contributed by atoms with van der Waals surface area (Å²) in [6.07, 6.45) is 5.75. The van der Waals surface area contributed by atoms with E-state index in [-0.39, 0.29) is 17.7 Å². The van der Waals surface area contributed by atoms with Crippen molar-refractivity contribution in [1.29, 1.82) is 0 Å². The number of rotatable bonds is 9. The number of anilines is 1. The zero-order chi connectivity index (χ0) is 22.2. The number of carbonyl (C=O) groups excluding carboxylic acids is 2. The normalized spacial score (nSPS) is 13.8. The lowest BCUT2D eigenvalue weighted by Gasteiger charge is -2.12. The van der Waals surface area contributed by atoms with Gasteiger partial charge in [0, 0.05) is 36.6 Å². The van der Waals surface area contributed by atoms with Gasteiger partial charge in [0.1, 0.15) is 0 Å². The average Bonchev–Trinajstić information content (AvgIpc) is 3.51. The van der Waals surface area contributed by atoms with Crippen LogP contribution < -0.4 is 10.6 Å². The molecule has 1 saturated carbocycles. The maximum absolute atomic E-state index is 12.3. The number of hydrogen-bond acceptors (Lipinski definition) is 5. The van der Waals surface area contributed by atoms with Gasteiger partial charge in [-0.05, 0) is 49.1 Å². The third kappa shape index (κ3) is 6.03. The Bertz CT molecular complexity index is 1040. The molecule has 4 rings (SSSR count). The maximum Gasteiger partial charge on any atom is 0.247 e. The second kappa shape index (κ2) is 10.7. The van der Waals surface area contributed by atoms with Gasteiger partial charge in [-0.1, -0.05) is 43.2 Å². The number of nitrogens with zero attached hydrogens (tertiary/aromatic N) is 2. The molecule has 0 aliphatic heterocycles. The van der Waals surface area contributed by atoms with Crippen LogP contribution in [0.3, 0.4) is 0 Å². The number of hydrogen-bond donors (Lipinski definition) is 2. The van der Waals surface area contributed by atoms with E-state index in [0.717, 1.165) is 42.5 Å². The largest absolute Gasteiger partial charge is 0.421 e. The van der Waals surface area contributed by atoms with Crippen LogP contribution in [0.1, 0.15) is 50.0 Å². The van der Waals surface area contributed by atoms with Crippen molar-refractivity contribution in [3.63, 3.8) is 0 Å². The molecule has 1 heterocycles. The molecule has 0 radical (unpaired) electrons. The van der Waals surface area contributed by atoms with Crippen LogP contribution in [0.2, 0.25) is 0 Å². The topological polar surface area (TPSA) is 97.1 Å². The minimum Gasteiger partial charge on any atom is -0.421 e. The van der Waals surface area contributed by atoms with Gasteiger partial charge in [-0.2, -0.15) is 0 Å². The van der Waals surface area contributed by atoms with Crippen molar-refractivity contribution in [2.45, 2.75) is 51.5 Å². The summed E-state index contributed by atoms with van der Waals surface area (Å²) in [6.45, 7) is 0.421. The zero-order valence-corrected chi connectivity index (χ0v) is 18.0. The first-order valence-electron chi connectivity index (χ1n) is 11.2. The van der Waals surface area contributed by atoms with Gasteiger partial charge in [0.05, 0.1) is 0 Å². The van der Waals surface area contributed by atoms with E-state index in [9.17, 15) is 9.59 Å². The van der Waals surface area contributed by atoms with Crippen LogP contribution in [0.25, 0.3) is 11.5 Å². The third-order valence-corrected chi connectivity index (χ3v) is 5.69. The fourth-order valence-corrected chi connectivity index (χ4v) is 3.93. The van der Waals surface area contributed by atoms with Crippen LogP contribution in [0.15, 0.2) is 59.0 Å². The van der Waals surface area contributed by atoms with Crippen LogP contribution in [0, 0.1) is 5.92 Å². The van der Waals surface area contributed by atoms with Crippen molar-refractivity contribution in [2.75, 3.05) is 5.32 Å². The summed E-state index contributed by atoms with van der Waals surface area (Å²) in [5.41, 5.74) is 2.61. The Morgan fingerprint density at radius 2 is 1.81 bits per heavy atom. The molecule has 166 valence electrons. The minimum atomic E-state index is -0.0341. The van der Waals surface area contributed by atoms with E-state index >= 15 is 0 Å². The van der Waals surface area contributed by atoms with E-state index in [1.165, 1.54) is 0 Å². The number of aromatic nitrogens is 2. The molecule has 7 heteroatoms. The van der Waals surface area contributed by atoms with E-state index < -0.39 is 0 Å². The molecular formula is C25H28N4O3. The van der Waals surface area contributed by atoms with Gasteiger partial charge in [-0.3, -0.25) is 9.59 Å². The van der Waals surface area contributed by atoms with Gasteiger partial charge in [-0.25, -0.2) is 0 Å². The Balaban J connectivity index is 1.19. The van der Waals surface area contributed by atoms with E-state index in [2.05, 4.69) is 20.8 Å². The smallest absolute Gasteiger partial charge is 0.247 e. The van der Waals surface area contributed by atoms with Crippen LogP contribution >= 0.6 is 0 Å². The predicted molar refractivity (Wildman–Crippen MR) is 122 cm³/mol. The van der Waals surface area contributed by atoms with Crippen molar-refractivity contribution in [3.8, 4) is 11.5 Å². The molecule has 32 heavy (non-hydrogen) atoms. The van der Waals surface area contributed by atoms with Crippen molar-refractivity contribution < 1.29 is 14.0 Å². The lowest BCUT2D eigenvalue weighted by atomic mass is 10.1. The molecule has 2 N–H and O–H groups in total. The highest BCUT2D eigenvalue weighted by Crippen LogP contribution is 2.26. The molecule has 0 unspecified atom stereocenters. The summed E-state index contributed by atoms with van der Waals surface area (Å²) in [6, 6.07) is 17.2. The number of aryl methyl sites for hydroxylation is 1. The zero-order valence-electron chi connectivity index (χ0n) is 18.0. The molecule has 7 nitrogen and oxygen atoms in total. The molecule has 2 aromatic carbocycles. The molecular weight excluding hydrogens is 404 g/mol. The molecule has 0 atom stereocenters. The first-order chi connectivity index (χ1) is 15.7.